The van der Waals surface area contributed by atoms with Gasteiger partial charge in [-0.15, -0.1) is 0 Å². The van der Waals surface area contributed by atoms with E-state index in [1.165, 1.54) is 0 Å². The number of carboxylic acid groups (broad SMARTS) is 3. The quantitative estimate of drug-likeness (QED) is 0.228. The van der Waals surface area contributed by atoms with Crippen LogP contribution >= 0.6 is 0 Å². The van der Waals surface area contributed by atoms with E-state index in [0.29, 0.717) is 0 Å². The van der Waals surface area contributed by atoms with Gasteiger partial charge in [0.25, 0.3) is 0 Å². The second kappa shape index (κ2) is 25.5. The summed E-state index contributed by atoms with van der Waals surface area (Å²) in [6.07, 6.45) is -2.72. The van der Waals surface area contributed by atoms with Crippen LogP contribution in [0.2, 0.25) is 0 Å². The van der Waals surface area contributed by atoms with Crippen molar-refractivity contribution in [2.75, 3.05) is 0 Å². The first-order valence-corrected chi connectivity index (χ1v) is 3.66. The summed E-state index contributed by atoms with van der Waals surface area (Å²) < 4.78 is 0. The Labute approximate surface area is 210 Å². The van der Waals surface area contributed by atoms with Crippen molar-refractivity contribution in [3.63, 3.8) is 0 Å². The van der Waals surface area contributed by atoms with Crippen molar-refractivity contribution in [3.05, 3.63) is 15.3 Å². The number of carbonyl (C=O) groups excluding carboxylic acids is 3. The molecule has 0 aromatic carbocycles. The Balaban J connectivity index is -0.0000000339. The van der Waals surface area contributed by atoms with Crippen LogP contribution in [-0.2, 0) is 36.8 Å². The fourth-order valence-corrected chi connectivity index (χ4v) is 0.684. The molecule has 0 aromatic heterocycles. The minimum absolute atomic E-state index is 0. The fraction of sp³-hybridized carbons (Fsp3) is 0.500. The molecule has 23 heavy (non-hydrogen) atoms. The van der Waals surface area contributed by atoms with E-state index in [9.17, 15) is 29.7 Å². The van der Waals surface area contributed by atoms with Gasteiger partial charge in [0.1, 0.15) is 5.60 Å². The zero-order valence-corrected chi connectivity index (χ0v) is 19.8. The summed E-state index contributed by atoms with van der Waals surface area (Å²) in [5.41, 5.74) is -2.97. The average Bonchev–Trinajstić information content (AvgIpc) is 1.98. The maximum absolute atomic E-state index is 10.1. The molecule has 0 aliphatic rings. The van der Waals surface area contributed by atoms with E-state index in [1.54, 1.807) is 0 Å². The first-order chi connectivity index (χ1) is 7.51. The third-order valence-electron chi connectivity index (χ3n) is 1.25. The molecule has 0 radical (unpaired) electrons. The fourth-order valence-electron chi connectivity index (χ4n) is 0.684. The van der Waals surface area contributed by atoms with Crippen molar-refractivity contribution in [2.45, 2.75) is 18.4 Å². The SMILES string of the molecule is O.O.O=C([O-])CC(O)(CC(=O)[O-])C(=O)[O-].O=[N+]([O-])[O-].[Ag+].[Na+].[Na+].[Na+]. The predicted molar refractivity (Wildman–Crippen MR) is 46.8 cm³/mol. The van der Waals surface area contributed by atoms with E-state index < -0.39 is 41.4 Å². The van der Waals surface area contributed by atoms with Crippen molar-refractivity contribution < 1.29 is 162 Å². The molecule has 0 amide bonds. The summed E-state index contributed by atoms with van der Waals surface area (Å²) >= 11 is 0. The van der Waals surface area contributed by atoms with Crippen LogP contribution in [-0.4, -0.2) is 44.7 Å². The van der Waals surface area contributed by atoms with Crippen LogP contribution in [0.4, 0.5) is 0 Å². The zero-order chi connectivity index (χ0) is 14.2. The summed E-state index contributed by atoms with van der Waals surface area (Å²) in [7, 11) is 0. The van der Waals surface area contributed by atoms with Gasteiger partial charge in [-0.05, 0) is 0 Å². The molecule has 5 N–H and O–H groups in total. The third-order valence-corrected chi connectivity index (χ3v) is 1.25. The molecular weight excluding hydrogens is 455 g/mol. The molecule has 0 saturated carbocycles. The van der Waals surface area contributed by atoms with Gasteiger partial charge in [0.2, 0.25) is 0 Å². The van der Waals surface area contributed by atoms with Gasteiger partial charge in [-0.2, -0.15) is 0 Å². The largest absolute Gasteiger partial charge is 1.00 e. The van der Waals surface area contributed by atoms with Crippen LogP contribution < -0.4 is 104 Å². The number of carboxylic acids is 3. The molecule has 0 atom stereocenters. The monoisotopic (exact) mass is 463 g/mol. The molecule has 0 unspecified atom stereocenters. The van der Waals surface area contributed by atoms with Crippen molar-refractivity contribution in [1.29, 1.82) is 0 Å². The van der Waals surface area contributed by atoms with E-state index in [0.717, 1.165) is 0 Å². The number of hydrogen-bond acceptors (Lipinski definition) is 10. The van der Waals surface area contributed by atoms with E-state index in [-0.39, 0.29) is 122 Å². The van der Waals surface area contributed by atoms with Crippen molar-refractivity contribution in [3.8, 4) is 0 Å². The molecule has 0 aliphatic carbocycles. The first-order valence-electron chi connectivity index (χ1n) is 3.66. The molecule has 0 aromatic rings. The topological polar surface area (TPSA) is 270 Å². The van der Waals surface area contributed by atoms with Crippen LogP contribution in [0, 0.1) is 15.3 Å². The third kappa shape index (κ3) is 35.3. The number of hydrogen-bond donors (Lipinski definition) is 1. The van der Waals surface area contributed by atoms with Gasteiger partial charge in [-0.1, -0.05) is 0 Å². The van der Waals surface area contributed by atoms with Gasteiger partial charge in [0.15, 0.2) is 0 Å². The summed E-state index contributed by atoms with van der Waals surface area (Å²) in [4.78, 5) is 38.2. The summed E-state index contributed by atoms with van der Waals surface area (Å²) in [6.45, 7) is 0. The zero-order valence-electron chi connectivity index (χ0n) is 12.3. The molecule has 0 bridgehead atoms. The van der Waals surface area contributed by atoms with Gasteiger partial charge in [0, 0.05) is 24.8 Å². The molecule has 0 saturated heterocycles. The molecule has 13 nitrogen and oxygen atoms in total. The number of aliphatic carboxylic acids is 3. The Hall–Kier alpha value is 1.23. The van der Waals surface area contributed by atoms with E-state index >= 15 is 0 Å². The maximum Gasteiger partial charge on any atom is 1.00 e. The Morgan fingerprint density at radius 2 is 1.04 bits per heavy atom. The second-order valence-electron chi connectivity index (χ2n) is 2.64. The summed E-state index contributed by atoms with van der Waals surface area (Å²) in [5, 5.41) is 53.7. The number of aliphatic hydroxyl groups is 1. The molecule has 0 aliphatic heterocycles. The average molecular weight is 464 g/mol. The number of carbonyl (C=O) groups is 3. The van der Waals surface area contributed by atoms with Gasteiger partial charge in [-0.3, -0.25) is 0 Å². The Bertz CT molecular complexity index is 323. The molecular formula is C6H9AgNNa3O12. The normalized spacial score (nSPS) is 7.17. The first kappa shape index (κ1) is 49.6. The summed E-state index contributed by atoms with van der Waals surface area (Å²) in [6, 6.07) is 0. The standard InChI is InChI=1S/C6H8O7.Ag.NO3.3Na.2H2O/c7-3(8)1-6(13,5(11)12)2-4(9)10;;2-1(3)4;;;;;/h13H,1-2H2,(H,7,8)(H,9,10)(H,11,12);;;;;;2*1H2/q;+1;-1;3*+1;;/p-3. The molecule has 124 valence electrons. The van der Waals surface area contributed by atoms with Crippen molar-refractivity contribution in [1.82, 2.24) is 0 Å². The number of rotatable bonds is 5. The molecule has 0 spiro atoms. The molecule has 17 heteroatoms. The number of nitrogens with zero attached hydrogens (tertiary/aromatic N) is 1. The van der Waals surface area contributed by atoms with Gasteiger partial charge < -0.3 is 61.1 Å². The van der Waals surface area contributed by atoms with Gasteiger partial charge in [0.05, 0.1) is 11.1 Å². The predicted octanol–water partition coefficient (Wildman–Crippen LogP) is -16.1. The van der Waals surface area contributed by atoms with Gasteiger partial charge in [-0.25, -0.2) is 0 Å². The van der Waals surface area contributed by atoms with E-state index in [4.69, 9.17) is 20.4 Å². The summed E-state index contributed by atoms with van der Waals surface area (Å²) in [5.74, 6) is -5.98. The van der Waals surface area contributed by atoms with E-state index in [2.05, 4.69) is 0 Å². The Morgan fingerprint density at radius 1 is 0.870 bits per heavy atom. The van der Waals surface area contributed by atoms with Gasteiger partial charge >= 0.3 is 111 Å². The minimum Gasteiger partial charge on any atom is -0.550 e. The van der Waals surface area contributed by atoms with Crippen molar-refractivity contribution >= 4 is 17.9 Å². The smallest absolute Gasteiger partial charge is 0.550 e. The van der Waals surface area contributed by atoms with Crippen LogP contribution in [0.5, 0.6) is 0 Å². The van der Waals surface area contributed by atoms with Crippen LogP contribution in [0.3, 0.4) is 0 Å². The van der Waals surface area contributed by atoms with Crippen LogP contribution in [0.15, 0.2) is 0 Å². The maximum atomic E-state index is 10.1. The Morgan fingerprint density at radius 3 is 1.13 bits per heavy atom. The van der Waals surface area contributed by atoms with E-state index in [1.807, 2.05) is 0 Å². The minimum atomic E-state index is -2.97. The molecule has 0 heterocycles. The molecule has 0 rings (SSSR count). The Kier molecular flexibility index (Phi) is 55.0. The van der Waals surface area contributed by atoms with Crippen LogP contribution in [0.25, 0.3) is 0 Å². The van der Waals surface area contributed by atoms with Crippen molar-refractivity contribution in [2.24, 2.45) is 0 Å². The second-order valence-corrected chi connectivity index (χ2v) is 2.64. The molecule has 0 fully saturated rings. The van der Waals surface area contributed by atoms with Crippen LogP contribution in [0.1, 0.15) is 12.8 Å².